The number of benzene rings is 1. The second kappa shape index (κ2) is 4.80. The molecule has 0 unspecified atom stereocenters. The summed E-state index contributed by atoms with van der Waals surface area (Å²) in [7, 11) is 3.85. The lowest BCUT2D eigenvalue weighted by atomic mass is 9.61. The smallest absolute Gasteiger partial charge is 0.296 e. The fourth-order valence-electron chi connectivity index (χ4n) is 4.94. The molecule has 1 aromatic carbocycles. The SMILES string of the molecule is COc1cnc2c3cccc4c3n3c(c[n+](C)c3c2c1C)C(C)(C)C4(C)C. The highest BCUT2D eigenvalue weighted by Gasteiger charge is 2.50. The summed E-state index contributed by atoms with van der Waals surface area (Å²) in [6.07, 6.45) is 4.15. The number of rotatable bonds is 1. The highest BCUT2D eigenvalue weighted by Crippen LogP contribution is 2.51. The molecule has 5 rings (SSSR count). The number of aryl methyl sites for hydroxylation is 2. The van der Waals surface area contributed by atoms with E-state index in [4.69, 9.17) is 9.72 Å². The van der Waals surface area contributed by atoms with Crippen LogP contribution in [-0.2, 0) is 17.9 Å². The predicted octanol–water partition coefficient (Wildman–Crippen LogP) is 4.35. The summed E-state index contributed by atoms with van der Waals surface area (Å²) in [5.74, 6) is 0.833. The van der Waals surface area contributed by atoms with Crippen LogP contribution in [0, 0.1) is 6.92 Å². The quantitative estimate of drug-likeness (QED) is 0.373. The molecule has 27 heavy (non-hydrogen) atoms. The van der Waals surface area contributed by atoms with Gasteiger partial charge in [-0.05, 0) is 13.0 Å². The van der Waals surface area contributed by atoms with E-state index in [1.54, 1.807) is 7.11 Å². The zero-order chi connectivity index (χ0) is 19.3. The van der Waals surface area contributed by atoms with Crippen LogP contribution in [0.4, 0.5) is 0 Å². The first kappa shape index (κ1) is 16.5. The van der Waals surface area contributed by atoms with Crippen molar-refractivity contribution in [3.8, 4) is 5.75 Å². The van der Waals surface area contributed by atoms with Gasteiger partial charge in [-0.2, -0.15) is 4.40 Å². The van der Waals surface area contributed by atoms with Crippen molar-refractivity contribution in [2.24, 2.45) is 7.05 Å². The maximum Gasteiger partial charge on any atom is 0.296 e. The van der Waals surface area contributed by atoms with E-state index in [1.807, 2.05) is 6.20 Å². The normalized spacial score (nSPS) is 17.3. The van der Waals surface area contributed by atoms with Gasteiger partial charge in [-0.25, -0.2) is 4.57 Å². The van der Waals surface area contributed by atoms with Gasteiger partial charge in [0.2, 0.25) is 0 Å². The Balaban J connectivity index is 2.20. The lowest BCUT2D eigenvalue weighted by Gasteiger charge is -2.42. The Morgan fingerprint density at radius 3 is 2.56 bits per heavy atom. The van der Waals surface area contributed by atoms with Crippen molar-refractivity contribution >= 4 is 27.5 Å². The van der Waals surface area contributed by atoms with Crippen molar-refractivity contribution in [1.82, 2.24) is 9.38 Å². The fraction of sp³-hybridized carbons (Fsp3) is 0.391. The highest BCUT2D eigenvalue weighted by molar-refractivity contribution is 6.12. The second-order valence-electron chi connectivity index (χ2n) is 8.91. The van der Waals surface area contributed by atoms with Crippen molar-refractivity contribution in [2.75, 3.05) is 7.11 Å². The van der Waals surface area contributed by atoms with E-state index in [0.717, 1.165) is 16.8 Å². The third-order valence-corrected chi connectivity index (χ3v) is 7.23. The Bertz CT molecular complexity index is 1280. The first-order chi connectivity index (χ1) is 12.7. The number of imidazole rings is 1. The molecule has 138 valence electrons. The molecule has 0 radical (unpaired) electrons. The van der Waals surface area contributed by atoms with E-state index < -0.39 is 0 Å². The van der Waals surface area contributed by atoms with E-state index in [2.05, 4.69) is 75.0 Å². The molecule has 0 bridgehead atoms. The van der Waals surface area contributed by atoms with Gasteiger partial charge in [0.05, 0.1) is 31.3 Å². The number of hydrogen-bond acceptors (Lipinski definition) is 2. The molecule has 4 heteroatoms. The number of nitrogens with zero attached hydrogens (tertiary/aromatic N) is 3. The lowest BCUT2D eigenvalue weighted by molar-refractivity contribution is -0.643. The van der Waals surface area contributed by atoms with E-state index in [1.165, 1.54) is 33.2 Å². The van der Waals surface area contributed by atoms with Crippen LogP contribution in [0.2, 0.25) is 0 Å². The predicted molar refractivity (Wildman–Crippen MR) is 109 cm³/mol. The minimum atomic E-state index is -0.00760. The number of hydrogen-bond donors (Lipinski definition) is 0. The number of methoxy groups -OCH3 is 1. The largest absolute Gasteiger partial charge is 0.495 e. The molecule has 0 aliphatic carbocycles. The van der Waals surface area contributed by atoms with Crippen LogP contribution in [0.1, 0.15) is 44.5 Å². The van der Waals surface area contributed by atoms with Crippen LogP contribution in [0.15, 0.2) is 30.6 Å². The molecule has 0 saturated heterocycles. The van der Waals surface area contributed by atoms with Crippen LogP contribution in [0.3, 0.4) is 0 Å². The third kappa shape index (κ3) is 1.70. The number of ether oxygens (including phenoxy) is 1. The molecular weight excluding hydrogens is 334 g/mol. The van der Waals surface area contributed by atoms with Gasteiger partial charge in [-0.3, -0.25) is 4.98 Å². The summed E-state index contributed by atoms with van der Waals surface area (Å²) >= 11 is 0. The Hall–Kier alpha value is -2.62. The van der Waals surface area contributed by atoms with Gasteiger partial charge in [0.1, 0.15) is 17.5 Å². The summed E-state index contributed by atoms with van der Waals surface area (Å²) in [4.78, 5) is 4.84. The van der Waals surface area contributed by atoms with Gasteiger partial charge in [0.15, 0.2) is 5.69 Å². The van der Waals surface area contributed by atoms with E-state index in [-0.39, 0.29) is 10.8 Å². The molecule has 4 heterocycles. The van der Waals surface area contributed by atoms with Crippen LogP contribution in [0.25, 0.3) is 27.5 Å². The Morgan fingerprint density at radius 2 is 1.85 bits per heavy atom. The van der Waals surface area contributed by atoms with Crippen molar-refractivity contribution in [3.63, 3.8) is 0 Å². The molecule has 0 spiro atoms. The molecule has 0 N–H and O–H groups in total. The molecule has 0 fully saturated rings. The summed E-state index contributed by atoms with van der Waals surface area (Å²) in [6, 6.07) is 6.67. The first-order valence-corrected chi connectivity index (χ1v) is 9.52. The molecule has 0 saturated carbocycles. The highest BCUT2D eigenvalue weighted by atomic mass is 16.5. The van der Waals surface area contributed by atoms with Crippen LogP contribution in [-0.4, -0.2) is 16.5 Å². The zero-order valence-corrected chi connectivity index (χ0v) is 17.1. The topological polar surface area (TPSA) is 30.4 Å². The Kier molecular flexibility index (Phi) is 2.94. The maximum absolute atomic E-state index is 5.59. The number of aromatic nitrogens is 3. The van der Waals surface area contributed by atoms with E-state index in [0.29, 0.717) is 0 Å². The molecule has 3 aromatic heterocycles. The average molecular weight is 360 g/mol. The maximum atomic E-state index is 5.59. The third-order valence-electron chi connectivity index (χ3n) is 7.23. The summed E-state index contributed by atoms with van der Waals surface area (Å²) < 4.78 is 10.3. The molecule has 1 aliphatic rings. The standard InChI is InChI=1S/C23H26N3O/c1-13-16(27-7)11-24-19-14-9-8-10-15-20(14)26-17(23(4,5)22(15,2)3)12-25(6)21(26)18(13)19/h8-12H,1-7H3/q+1. The van der Waals surface area contributed by atoms with E-state index in [9.17, 15) is 0 Å². The Morgan fingerprint density at radius 1 is 1.11 bits per heavy atom. The molecule has 0 amide bonds. The van der Waals surface area contributed by atoms with Gasteiger partial charge >= 0.3 is 0 Å². The van der Waals surface area contributed by atoms with Crippen molar-refractivity contribution in [3.05, 3.63) is 47.4 Å². The minimum Gasteiger partial charge on any atom is -0.495 e. The molecule has 4 aromatic rings. The fourth-order valence-corrected chi connectivity index (χ4v) is 4.94. The summed E-state index contributed by atoms with van der Waals surface area (Å²) in [6.45, 7) is 11.6. The van der Waals surface area contributed by atoms with Gasteiger partial charge in [-0.15, -0.1) is 0 Å². The number of pyridine rings is 2. The molecule has 4 nitrogen and oxygen atoms in total. The van der Waals surface area contributed by atoms with Crippen molar-refractivity contribution < 1.29 is 9.30 Å². The van der Waals surface area contributed by atoms with Gasteiger partial charge in [-0.1, -0.05) is 39.8 Å². The molecular formula is C23H26N3O+. The first-order valence-electron chi connectivity index (χ1n) is 9.52. The summed E-state index contributed by atoms with van der Waals surface area (Å²) in [5.41, 5.74) is 7.40. The minimum absolute atomic E-state index is 0.00760. The zero-order valence-electron chi connectivity index (χ0n) is 17.1. The van der Waals surface area contributed by atoms with Crippen LogP contribution >= 0.6 is 0 Å². The van der Waals surface area contributed by atoms with Crippen molar-refractivity contribution in [2.45, 2.75) is 45.4 Å². The number of para-hydroxylation sites is 1. The second-order valence-corrected chi connectivity index (χ2v) is 8.91. The Labute approximate surface area is 159 Å². The van der Waals surface area contributed by atoms with Crippen molar-refractivity contribution in [1.29, 1.82) is 0 Å². The summed E-state index contributed by atoms with van der Waals surface area (Å²) in [5, 5.41) is 2.38. The van der Waals surface area contributed by atoms with Crippen LogP contribution < -0.4 is 9.30 Å². The van der Waals surface area contributed by atoms with Gasteiger partial charge in [0, 0.05) is 27.3 Å². The van der Waals surface area contributed by atoms with Crippen LogP contribution in [0.5, 0.6) is 5.75 Å². The van der Waals surface area contributed by atoms with Gasteiger partial charge in [0.25, 0.3) is 5.65 Å². The molecule has 1 aliphatic heterocycles. The molecule has 0 atom stereocenters. The lowest BCUT2D eigenvalue weighted by Crippen LogP contribution is -2.44. The van der Waals surface area contributed by atoms with Gasteiger partial charge < -0.3 is 4.74 Å². The average Bonchev–Trinajstić information content (AvgIpc) is 2.98. The number of fused-ring (bicyclic) bond motifs is 3. The monoisotopic (exact) mass is 360 g/mol. The van der Waals surface area contributed by atoms with E-state index >= 15 is 0 Å².